The fourth-order valence-corrected chi connectivity index (χ4v) is 5.37. The molecule has 1 aliphatic carbocycles. The highest BCUT2D eigenvalue weighted by Gasteiger charge is 2.46. The fraction of sp³-hybridized carbons (Fsp3) is 0.483. The van der Waals surface area contributed by atoms with Gasteiger partial charge in [-0.3, -0.25) is 0 Å². The molecule has 1 saturated heterocycles. The topological polar surface area (TPSA) is 93.0 Å². The molecule has 0 atom stereocenters. The molecule has 2 aromatic rings. The van der Waals surface area contributed by atoms with Crippen LogP contribution in [0, 0.1) is 11.3 Å². The average molecular weight is 603 g/mol. The van der Waals surface area contributed by atoms with E-state index in [1.165, 1.54) is 18.0 Å². The van der Waals surface area contributed by atoms with Gasteiger partial charge >= 0.3 is 12.3 Å². The molecule has 1 aliphatic heterocycles. The van der Waals surface area contributed by atoms with E-state index in [1.54, 1.807) is 9.80 Å². The fourth-order valence-electron chi connectivity index (χ4n) is 4.98. The minimum absolute atomic E-state index is 0.0381. The van der Waals surface area contributed by atoms with E-state index in [1.807, 2.05) is 45.0 Å². The maximum absolute atomic E-state index is 13.6. The van der Waals surface area contributed by atoms with E-state index in [9.17, 15) is 22.8 Å². The summed E-state index contributed by atoms with van der Waals surface area (Å²) in [4.78, 5) is 35.4. The molecule has 9 nitrogen and oxygen atoms in total. The highest BCUT2D eigenvalue weighted by Crippen LogP contribution is 2.41. The number of anilines is 3. The van der Waals surface area contributed by atoms with Crippen LogP contribution < -0.4 is 14.7 Å². The SMILES string of the molecule is CN(C(=S)N(c1ccc(N2CCN(C(=O)OC(C)(C)C)CC2)cc1)C1(C=O)CCC1)c1cnc(C#N)c(C(F)(F)F)c1. The van der Waals surface area contributed by atoms with Crippen LogP contribution in [0.2, 0.25) is 0 Å². The number of nitriles is 1. The number of amides is 1. The number of nitrogens with zero attached hydrogens (tertiary/aromatic N) is 6. The van der Waals surface area contributed by atoms with Gasteiger partial charge in [-0.05, 0) is 82.6 Å². The van der Waals surface area contributed by atoms with E-state index in [2.05, 4.69) is 9.88 Å². The number of aromatic nitrogens is 1. The minimum Gasteiger partial charge on any atom is -0.444 e. The molecular formula is C29H33F3N6O3S. The molecule has 2 fully saturated rings. The van der Waals surface area contributed by atoms with Gasteiger partial charge in [-0.25, -0.2) is 9.78 Å². The number of aldehydes is 1. The molecule has 2 aliphatic rings. The highest BCUT2D eigenvalue weighted by molar-refractivity contribution is 7.80. The number of hydrogen-bond donors (Lipinski definition) is 0. The average Bonchev–Trinajstić information content (AvgIpc) is 2.92. The number of piperazine rings is 1. The summed E-state index contributed by atoms with van der Waals surface area (Å²) in [5.41, 5.74) is -1.81. The van der Waals surface area contributed by atoms with Crippen molar-refractivity contribution in [1.29, 1.82) is 5.26 Å². The quantitative estimate of drug-likeness (QED) is 0.330. The predicted octanol–water partition coefficient (Wildman–Crippen LogP) is 5.38. The monoisotopic (exact) mass is 602 g/mol. The van der Waals surface area contributed by atoms with Crippen LogP contribution in [0.25, 0.3) is 0 Å². The lowest BCUT2D eigenvalue weighted by atomic mass is 9.76. The number of carbonyl (C=O) groups is 2. The molecule has 1 aromatic carbocycles. The molecule has 1 saturated carbocycles. The van der Waals surface area contributed by atoms with Crippen LogP contribution in [0.4, 0.5) is 35.0 Å². The van der Waals surface area contributed by atoms with E-state index in [0.29, 0.717) is 44.7 Å². The van der Waals surface area contributed by atoms with E-state index < -0.39 is 28.6 Å². The summed E-state index contributed by atoms with van der Waals surface area (Å²) in [6.45, 7) is 7.71. The molecule has 0 spiro atoms. The van der Waals surface area contributed by atoms with Crippen molar-refractivity contribution in [1.82, 2.24) is 9.88 Å². The third-order valence-electron chi connectivity index (χ3n) is 7.44. The second-order valence-corrected chi connectivity index (χ2v) is 11.8. The lowest BCUT2D eigenvalue weighted by molar-refractivity contribution is -0.138. The molecule has 4 rings (SSSR count). The number of halogens is 3. The summed E-state index contributed by atoms with van der Waals surface area (Å²) in [6, 6.07) is 9.78. The van der Waals surface area contributed by atoms with Crippen LogP contribution in [-0.2, 0) is 15.7 Å². The molecule has 0 N–H and O–H groups in total. The van der Waals surface area contributed by atoms with Gasteiger partial charge in [0.05, 0.1) is 17.4 Å². The van der Waals surface area contributed by atoms with Crippen LogP contribution in [0.5, 0.6) is 0 Å². The second-order valence-electron chi connectivity index (χ2n) is 11.4. The summed E-state index contributed by atoms with van der Waals surface area (Å²) in [5.74, 6) is 0. The van der Waals surface area contributed by atoms with Gasteiger partial charge in [0, 0.05) is 44.6 Å². The Kier molecular flexibility index (Phi) is 8.68. The third kappa shape index (κ3) is 6.43. The lowest BCUT2D eigenvalue weighted by Crippen LogP contribution is -2.60. The van der Waals surface area contributed by atoms with Crippen LogP contribution in [0.15, 0.2) is 36.5 Å². The number of carbonyl (C=O) groups excluding carboxylic acids is 2. The van der Waals surface area contributed by atoms with Gasteiger partial charge in [0.15, 0.2) is 10.8 Å². The first-order chi connectivity index (χ1) is 19.7. The first-order valence-electron chi connectivity index (χ1n) is 13.5. The molecule has 0 unspecified atom stereocenters. The van der Waals surface area contributed by atoms with Gasteiger partial charge in [0.2, 0.25) is 0 Å². The van der Waals surface area contributed by atoms with Crippen molar-refractivity contribution in [3.8, 4) is 6.07 Å². The number of thiocarbonyl (C=S) groups is 1. The Labute approximate surface area is 248 Å². The van der Waals surface area contributed by atoms with Crippen LogP contribution in [0.3, 0.4) is 0 Å². The number of alkyl halides is 3. The third-order valence-corrected chi connectivity index (χ3v) is 7.90. The zero-order chi connectivity index (χ0) is 30.9. The molecule has 1 amide bonds. The maximum Gasteiger partial charge on any atom is 0.419 e. The predicted molar refractivity (Wildman–Crippen MR) is 157 cm³/mol. The standard InChI is InChI=1S/C29H33F3N6O3S/c1-27(2,3)41-26(40)37-14-12-36(13-15-37)20-6-8-21(9-7-20)38(28(19-39)10-5-11-28)25(42)35(4)22-16-23(29(30,31)32)24(17-33)34-18-22/h6-9,16,18-19H,5,10-15H2,1-4H3. The molecule has 0 bridgehead atoms. The number of hydrogen-bond acceptors (Lipinski definition) is 7. The smallest absolute Gasteiger partial charge is 0.419 e. The Balaban J connectivity index is 1.56. The Morgan fingerprint density at radius 3 is 2.21 bits per heavy atom. The van der Waals surface area contributed by atoms with Gasteiger partial charge < -0.3 is 29.1 Å². The van der Waals surface area contributed by atoms with E-state index in [4.69, 9.17) is 22.2 Å². The van der Waals surface area contributed by atoms with Gasteiger partial charge in [-0.1, -0.05) is 0 Å². The Bertz CT molecular complexity index is 1370. The number of pyridine rings is 1. The van der Waals surface area contributed by atoms with Gasteiger partial charge in [0.1, 0.15) is 23.5 Å². The van der Waals surface area contributed by atoms with Crippen molar-refractivity contribution in [2.75, 3.05) is 47.9 Å². The van der Waals surface area contributed by atoms with E-state index in [-0.39, 0.29) is 16.9 Å². The van der Waals surface area contributed by atoms with Gasteiger partial charge in [0.25, 0.3) is 0 Å². The highest BCUT2D eigenvalue weighted by atomic mass is 32.1. The van der Waals surface area contributed by atoms with Crippen molar-refractivity contribution < 1.29 is 27.5 Å². The van der Waals surface area contributed by atoms with Crippen molar-refractivity contribution in [2.24, 2.45) is 0 Å². The molecule has 0 radical (unpaired) electrons. The normalized spacial score (nSPS) is 16.6. The zero-order valence-electron chi connectivity index (χ0n) is 23.9. The summed E-state index contributed by atoms with van der Waals surface area (Å²) in [7, 11) is 1.51. The first kappa shape index (κ1) is 31.0. The van der Waals surface area contributed by atoms with E-state index in [0.717, 1.165) is 30.7 Å². The van der Waals surface area contributed by atoms with Crippen LogP contribution in [0.1, 0.15) is 51.3 Å². The van der Waals surface area contributed by atoms with Crippen molar-refractivity contribution in [2.45, 2.75) is 57.3 Å². The zero-order valence-corrected chi connectivity index (χ0v) is 24.8. The number of ether oxygens (including phenoxy) is 1. The molecule has 224 valence electrons. The Morgan fingerprint density at radius 1 is 1.12 bits per heavy atom. The first-order valence-corrected chi connectivity index (χ1v) is 13.9. The number of rotatable bonds is 5. The summed E-state index contributed by atoms with van der Waals surface area (Å²) >= 11 is 5.77. The maximum atomic E-state index is 13.6. The van der Waals surface area contributed by atoms with Gasteiger partial charge in [-0.2, -0.15) is 18.4 Å². The van der Waals surface area contributed by atoms with Crippen molar-refractivity contribution in [3.05, 3.63) is 47.8 Å². The number of benzene rings is 1. The van der Waals surface area contributed by atoms with Gasteiger partial charge in [-0.15, -0.1) is 0 Å². The molecule has 2 heterocycles. The molecule has 42 heavy (non-hydrogen) atoms. The summed E-state index contributed by atoms with van der Waals surface area (Å²) in [5, 5.41) is 9.23. The Morgan fingerprint density at radius 2 is 1.74 bits per heavy atom. The minimum atomic E-state index is -4.78. The summed E-state index contributed by atoms with van der Waals surface area (Å²) < 4.78 is 46.3. The van der Waals surface area contributed by atoms with Crippen molar-refractivity contribution in [3.63, 3.8) is 0 Å². The molecular weight excluding hydrogens is 569 g/mol. The largest absolute Gasteiger partial charge is 0.444 e. The summed E-state index contributed by atoms with van der Waals surface area (Å²) in [6.07, 6.45) is -1.23. The van der Waals surface area contributed by atoms with E-state index >= 15 is 0 Å². The van der Waals surface area contributed by atoms with Crippen molar-refractivity contribution >= 4 is 46.8 Å². The van der Waals surface area contributed by atoms with Crippen LogP contribution >= 0.6 is 12.2 Å². The Hall–Kier alpha value is -3.92. The molecule has 1 aromatic heterocycles. The lowest BCUT2D eigenvalue weighted by Gasteiger charge is -2.49. The molecule has 13 heteroatoms. The second kappa shape index (κ2) is 11.8. The van der Waals surface area contributed by atoms with Crippen LogP contribution in [-0.4, -0.2) is 71.7 Å².